The van der Waals surface area contributed by atoms with Crippen molar-refractivity contribution in [1.82, 2.24) is 0 Å². The average molecular weight is 331 g/mol. The summed E-state index contributed by atoms with van der Waals surface area (Å²) in [7, 11) is -4.38. The molecule has 1 N–H and O–H groups in total. The van der Waals surface area contributed by atoms with Gasteiger partial charge in [0.25, 0.3) is 10.1 Å². The Bertz CT molecular complexity index is 764. The van der Waals surface area contributed by atoms with Gasteiger partial charge in [-0.2, -0.15) is 8.42 Å². The van der Waals surface area contributed by atoms with Gasteiger partial charge in [0, 0.05) is 5.56 Å². The molecule has 4 nitrogen and oxygen atoms in total. The number of rotatable bonds is 3. The predicted octanol–water partition coefficient (Wildman–Crippen LogP) is 3.47. The molecule has 104 valence electrons. The maximum absolute atomic E-state index is 12.3. The van der Waals surface area contributed by atoms with E-state index in [0.29, 0.717) is 0 Å². The number of hydrogen-bond acceptors (Lipinski definition) is 3. The first-order valence-corrected chi connectivity index (χ1v) is 7.56. The summed E-state index contributed by atoms with van der Waals surface area (Å²) < 4.78 is 31.1. The number of carbonyl (C=O) groups is 1. The number of hydrogen-bond donors (Lipinski definition) is 1. The first kappa shape index (κ1) is 15.0. The number of ketones is 1. The molecule has 0 saturated heterocycles. The largest absolute Gasteiger partial charge is 0.294 e. The lowest BCUT2D eigenvalue weighted by Crippen LogP contribution is -2.05. The molecule has 20 heavy (non-hydrogen) atoms. The molecular weight excluding hydrogens is 323 g/mol. The minimum absolute atomic E-state index is 0.0649. The Balaban J connectivity index is 2.55. The van der Waals surface area contributed by atoms with Crippen LogP contribution in [0.4, 0.5) is 0 Å². The van der Waals surface area contributed by atoms with Gasteiger partial charge in [-0.15, -0.1) is 0 Å². The van der Waals surface area contributed by atoms with Crippen molar-refractivity contribution in [3.8, 4) is 0 Å². The van der Waals surface area contributed by atoms with Crippen molar-refractivity contribution in [2.75, 3.05) is 0 Å². The van der Waals surface area contributed by atoms with Crippen LogP contribution in [0.5, 0.6) is 0 Å². The molecule has 0 saturated carbocycles. The van der Waals surface area contributed by atoms with Crippen LogP contribution in [0.1, 0.15) is 15.9 Å². The van der Waals surface area contributed by atoms with Gasteiger partial charge in [-0.1, -0.05) is 41.4 Å². The zero-order valence-electron chi connectivity index (χ0n) is 9.88. The van der Waals surface area contributed by atoms with Crippen molar-refractivity contribution in [1.29, 1.82) is 0 Å². The van der Waals surface area contributed by atoms with Crippen molar-refractivity contribution in [2.24, 2.45) is 0 Å². The van der Waals surface area contributed by atoms with Crippen LogP contribution in [0.2, 0.25) is 10.0 Å². The van der Waals surface area contributed by atoms with Crippen molar-refractivity contribution < 1.29 is 17.8 Å². The second-order valence-electron chi connectivity index (χ2n) is 3.93. The van der Waals surface area contributed by atoms with Crippen LogP contribution in [-0.2, 0) is 10.1 Å². The fourth-order valence-electron chi connectivity index (χ4n) is 1.66. The van der Waals surface area contributed by atoms with Crippen molar-refractivity contribution >= 4 is 39.1 Å². The number of benzene rings is 2. The van der Waals surface area contributed by atoms with Gasteiger partial charge in [-0.05, 0) is 24.3 Å². The molecule has 0 atom stereocenters. The minimum atomic E-state index is -4.38. The van der Waals surface area contributed by atoms with Gasteiger partial charge in [-0.3, -0.25) is 9.35 Å². The Hall–Kier alpha value is -1.40. The van der Waals surface area contributed by atoms with Gasteiger partial charge < -0.3 is 0 Å². The molecule has 0 fully saturated rings. The van der Waals surface area contributed by atoms with E-state index < -0.39 is 15.9 Å². The molecule has 2 rings (SSSR count). The Morgan fingerprint density at radius 2 is 1.55 bits per heavy atom. The Labute approximate surface area is 125 Å². The molecule has 0 aromatic heterocycles. The normalized spacial score (nSPS) is 11.3. The zero-order valence-corrected chi connectivity index (χ0v) is 12.2. The first-order valence-electron chi connectivity index (χ1n) is 5.37. The molecular formula is C13H8Cl2O4S. The highest BCUT2D eigenvalue weighted by Crippen LogP contribution is 2.27. The third kappa shape index (κ3) is 3.02. The van der Waals surface area contributed by atoms with E-state index >= 15 is 0 Å². The second kappa shape index (κ2) is 5.54. The third-order valence-corrected chi connectivity index (χ3v) is 4.06. The molecule has 0 amide bonds. The number of carbonyl (C=O) groups excluding carboxylic acids is 1. The van der Waals surface area contributed by atoms with Crippen molar-refractivity contribution in [3.05, 3.63) is 63.6 Å². The van der Waals surface area contributed by atoms with Crippen LogP contribution in [-0.4, -0.2) is 18.8 Å². The second-order valence-corrected chi connectivity index (χ2v) is 6.16. The molecule has 0 aliphatic rings. The summed E-state index contributed by atoms with van der Waals surface area (Å²) in [4.78, 5) is 12.0. The topological polar surface area (TPSA) is 71.4 Å². The lowest BCUT2D eigenvalue weighted by molar-refractivity contribution is 0.103. The fourth-order valence-corrected chi connectivity index (χ4v) is 2.75. The summed E-state index contributed by atoms with van der Waals surface area (Å²) in [5.74, 6) is -0.522. The van der Waals surface area contributed by atoms with Crippen LogP contribution in [0, 0.1) is 0 Å². The lowest BCUT2D eigenvalue weighted by atomic mass is 10.0. The van der Waals surface area contributed by atoms with Gasteiger partial charge in [0.2, 0.25) is 0 Å². The van der Waals surface area contributed by atoms with Crippen molar-refractivity contribution in [2.45, 2.75) is 4.90 Å². The Morgan fingerprint density at radius 3 is 2.10 bits per heavy atom. The Kier molecular flexibility index (Phi) is 4.15. The third-order valence-electron chi connectivity index (χ3n) is 2.58. The number of halogens is 2. The van der Waals surface area contributed by atoms with Crippen LogP contribution in [0.25, 0.3) is 0 Å². The van der Waals surface area contributed by atoms with Crippen LogP contribution < -0.4 is 0 Å². The van der Waals surface area contributed by atoms with E-state index in [1.54, 1.807) is 6.07 Å². The monoisotopic (exact) mass is 330 g/mol. The summed E-state index contributed by atoms with van der Waals surface area (Å²) in [6, 6.07) is 9.62. The summed E-state index contributed by atoms with van der Waals surface area (Å²) >= 11 is 11.9. The smallest absolute Gasteiger partial charge is 0.288 e. The summed E-state index contributed by atoms with van der Waals surface area (Å²) in [6.45, 7) is 0. The Morgan fingerprint density at radius 1 is 1.00 bits per heavy atom. The molecule has 0 aliphatic carbocycles. The van der Waals surface area contributed by atoms with E-state index in [2.05, 4.69) is 0 Å². The van der Waals surface area contributed by atoms with E-state index in [0.717, 1.165) is 6.07 Å². The molecule has 7 heteroatoms. The van der Waals surface area contributed by atoms with Gasteiger partial charge >= 0.3 is 0 Å². The SMILES string of the molecule is O=C(c1cccc(S(=O)(=O)O)c1)c1c(Cl)cccc1Cl. The van der Waals surface area contributed by atoms with Crippen LogP contribution in [0.15, 0.2) is 47.4 Å². The summed E-state index contributed by atoms with van der Waals surface area (Å²) in [6.07, 6.45) is 0. The highest BCUT2D eigenvalue weighted by molar-refractivity contribution is 7.85. The van der Waals surface area contributed by atoms with E-state index in [-0.39, 0.29) is 26.1 Å². The summed E-state index contributed by atoms with van der Waals surface area (Å²) in [5, 5.41) is 0.333. The molecule has 2 aromatic carbocycles. The standard InChI is InChI=1S/C13H8Cl2O4S/c14-10-5-2-6-11(15)12(10)13(16)8-3-1-4-9(7-8)20(17,18)19/h1-7H,(H,17,18,19). The molecule has 0 aliphatic heterocycles. The van der Waals surface area contributed by atoms with E-state index in [4.69, 9.17) is 27.8 Å². The zero-order chi connectivity index (χ0) is 14.9. The highest BCUT2D eigenvalue weighted by Gasteiger charge is 2.18. The lowest BCUT2D eigenvalue weighted by Gasteiger charge is -2.07. The predicted molar refractivity (Wildman–Crippen MR) is 76.2 cm³/mol. The molecule has 0 heterocycles. The maximum Gasteiger partial charge on any atom is 0.294 e. The average Bonchev–Trinajstić information content (AvgIpc) is 2.37. The first-order chi connectivity index (χ1) is 9.30. The highest BCUT2D eigenvalue weighted by atomic mass is 35.5. The maximum atomic E-state index is 12.3. The fraction of sp³-hybridized carbons (Fsp3) is 0. The molecule has 2 aromatic rings. The van der Waals surface area contributed by atoms with E-state index in [1.807, 2.05) is 0 Å². The molecule has 0 unspecified atom stereocenters. The molecule has 0 radical (unpaired) electrons. The quantitative estimate of drug-likeness (QED) is 0.690. The van der Waals surface area contributed by atoms with Gasteiger partial charge in [0.05, 0.1) is 20.5 Å². The van der Waals surface area contributed by atoms with Crippen LogP contribution >= 0.6 is 23.2 Å². The van der Waals surface area contributed by atoms with E-state index in [9.17, 15) is 13.2 Å². The minimum Gasteiger partial charge on any atom is -0.288 e. The van der Waals surface area contributed by atoms with Gasteiger partial charge in [0.15, 0.2) is 5.78 Å². The van der Waals surface area contributed by atoms with E-state index in [1.165, 1.54) is 30.3 Å². The van der Waals surface area contributed by atoms with Gasteiger partial charge in [-0.25, -0.2) is 0 Å². The van der Waals surface area contributed by atoms with Crippen LogP contribution in [0.3, 0.4) is 0 Å². The van der Waals surface area contributed by atoms with Crippen molar-refractivity contribution in [3.63, 3.8) is 0 Å². The summed E-state index contributed by atoms with van der Waals surface area (Å²) in [5.41, 5.74) is 0.151. The molecule has 0 spiro atoms. The molecule has 0 bridgehead atoms. The van der Waals surface area contributed by atoms with Gasteiger partial charge in [0.1, 0.15) is 0 Å².